The zero-order chi connectivity index (χ0) is 14.1. The molecule has 0 saturated heterocycles. The first kappa shape index (κ1) is 14.8. The molecule has 6 heteroatoms. The summed E-state index contributed by atoms with van der Waals surface area (Å²) in [7, 11) is 0. The summed E-state index contributed by atoms with van der Waals surface area (Å²) in [6, 6.07) is 1.52. The minimum atomic E-state index is -1.10. The van der Waals surface area contributed by atoms with Gasteiger partial charge >= 0.3 is 5.97 Å². The van der Waals surface area contributed by atoms with Gasteiger partial charge in [0.05, 0.1) is 22.8 Å². The van der Waals surface area contributed by atoms with Gasteiger partial charge in [0, 0.05) is 0 Å². The van der Waals surface area contributed by atoms with E-state index in [9.17, 15) is 14.7 Å². The van der Waals surface area contributed by atoms with Crippen molar-refractivity contribution in [1.82, 2.24) is 5.32 Å². The Kier molecular flexibility index (Phi) is 3.90. The molecule has 0 aromatic carbocycles. The fourth-order valence-electron chi connectivity index (χ4n) is 1.23. The van der Waals surface area contributed by atoms with Crippen molar-refractivity contribution in [2.75, 3.05) is 0 Å². The van der Waals surface area contributed by atoms with Gasteiger partial charge in [-0.3, -0.25) is 9.59 Å². The Morgan fingerprint density at radius 1 is 1.33 bits per heavy atom. The molecule has 5 nitrogen and oxygen atoms in total. The Balaban J connectivity index is 2.94. The Morgan fingerprint density at radius 2 is 1.89 bits per heavy atom. The van der Waals surface area contributed by atoms with E-state index in [1.807, 2.05) is 0 Å². The van der Waals surface area contributed by atoms with Crippen LogP contribution in [-0.2, 0) is 4.79 Å². The lowest BCUT2D eigenvalue weighted by atomic mass is 9.74. The highest BCUT2D eigenvalue weighted by molar-refractivity contribution is 9.10. The first-order chi connectivity index (χ1) is 8.09. The molecule has 1 aromatic heterocycles. The van der Waals surface area contributed by atoms with E-state index in [1.165, 1.54) is 12.3 Å². The van der Waals surface area contributed by atoms with Crippen LogP contribution in [0, 0.1) is 5.41 Å². The van der Waals surface area contributed by atoms with Gasteiger partial charge in [-0.25, -0.2) is 0 Å². The Bertz CT molecular complexity index is 476. The lowest BCUT2D eigenvalue weighted by Crippen LogP contribution is -2.56. The van der Waals surface area contributed by atoms with Crippen LogP contribution in [0.1, 0.15) is 38.1 Å². The number of carbonyl (C=O) groups excluding carboxylic acids is 1. The number of amides is 1. The van der Waals surface area contributed by atoms with Crippen molar-refractivity contribution in [2.24, 2.45) is 5.41 Å². The van der Waals surface area contributed by atoms with Crippen LogP contribution in [0.3, 0.4) is 0 Å². The van der Waals surface area contributed by atoms with Crippen molar-refractivity contribution >= 4 is 27.8 Å². The number of carboxylic acids is 1. The van der Waals surface area contributed by atoms with E-state index in [4.69, 9.17) is 4.42 Å². The average Bonchev–Trinajstić information content (AvgIpc) is 2.63. The number of furan rings is 1. The summed E-state index contributed by atoms with van der Waals surface area (Å²) in [6.07, 6.45) is 1.38. The van der Waals surface area contributed by atoms with Gasteiger partial charge in [-0.1, -0.05) is 0 Å². The Morgan fingerprint density at radius 3 is 2.28 bits per heavy atom. The number of nitrogens with one attached hydrogen (secondary N) is 1. The van der Waals surface area contributed by atoms with E-state index in [0.717, 1.165) is 0 Å². The summed E-state index contributed by atoms with van der Waals surface area (Å²) in [5.74, 6) is -1.35. The van der Waals surface area contributed by atoms with E-state index < -0.39 is 16.9 Å². The first-order valence-electron chi connectivity index (χ1n) is 5.38. The molecule has 0 fully saturated rings. The van der Waals surface area contributed by atoms with Crippen LogP contribution in [0.2, 0.25) is 0 Å². The number of rotatable bonds is 4. The highest BCUT2D eigenvalue weighted by Gasteiger charge is 2.44. The van der Waals surface area contributed by atoms with E-state index >= 15 is 0 Å². The van der Waals surface area contributed by atoms with Crippen LogP contribution in [0.4, 0.5) is 0 Å². The second-order valence-corrected chi connectivity index (χ2v) is 5.84. The van der Waals surface area contributed by atoms with E-state index in [-0.39, 0.29) is 5.91 Å². The van der Waals surface area contributed by atoms with Gasteiger partial charge in [-0.2, -0.15) is 0 Å². The first-order valence-corrected chi connectivity index (χ1v) is 6.18. The van der Waals surface area contributed by atoms with Crippen molar-refractivity contribution in [3.63, 3.8) is 0 Å². The number of carboxylic acid groups (broad SMARTS) is 1. The zero-order valence-electron chi connectivity index (χ0n) is 10.7. The van der Waals surface area contributed by atoms with Gasteiger partial charge in [-0.05, 0) is 49.7 Å². The monoisotopic (exact) mass is 317 g/mol. The van der Waals surface area contributed by atoms with Crippen LogP contribution in [0.25, 0.3) is 0 Å². The largest absolute Gasteiger partial charge is 0.481 e. The standard InChI is InChI=1S/C12H16BrNO4/c1-11(2,10(16)17)12(3,4)14-9(15)7-5-6-18-8(7)13/h5-6H,1-4H3,(H,14,15)(H,16,17). The molecule has 0 bridgehead atoms. The predicted molar refractivity (Wildman–Crippen MR) is 69.4 cm³/mol. The van der Waals surface area contributed by atoms with Gasteiger partial charge in [0.1, 0.15) is 0 Å². The minimum Gasteiger partial charge on any atom is -0.481 e. The van der Waals surface area contributed by atoms with Crippen molar-refractivity contribution < 1.29 is 19.1 Å². The second kappa shape index (κ2) is 4.76. The minimum absolute atomic E-state index is 0.323. The molecule has 100 valence electrons. The number of hydrogen-bond donors (Lipinski definition) is 2. The predicted octanol–water partition coefficient (Wildman–Crippen LogP) is 2.66. The van der Waals surface area contributed by atoms with Crippen molar-refractivity contribution in [3.8, 4) is 0 Å². The number of carbonyl (C=O) groups is 2. The van der Waals surface area contributed by atoms with Crippen molar-refractivity contribution in [2.45, 2.75) is 33.2 Å². The summed E-state index contributed by atoms with van der Waals surface area (Å²) in [5.41, 5.74) is -1.67. The summed E-state index contributed by atoms with van der Waals surface area (Å²) in [4.78, 5) is 23.2. The molecule has 0 saturated carbocycles. The molecule has 1 aromatic rings. The van der Waals surface area contributed by atoms with Crippen LogP contribution >= 0.6 is 15.9 Å². The molecular weight excluding hydrogens is 302 g/mol. The topological polar surface area (TPSA) is 79.5 Å². The van der Waals surface area contributed by atoms with Crippen LogP contribution in [0.15, 0.2) is 21.4 Å². The highest BCUT2D eigenvalue weighted by Crippen LogP contribution is 2.31. The van der Waals surface area contributed by atoms with E-state index in [0.29, 0.717) is 10.2 Å². The molecule has 0 spiro atoms. The number of aliphatic carboxylic acids is 1. The molecule has 0 atom stereocenters. The lowest BCUT2D eigenvalue weighted by Gasteiger charge is -2.38. The molecule has 0 aliphatic carbocycles. The average molecular weight is 318 g/mol. The van der Waals surface area contributed by atoms with Crippen molar-refractivity contribution in [1.29, 1.82) is 0 Å². The maximum Gasteiger partial charge on any atom is 0.311 e. The molecule has 0 unspecified atom stereocenters. The Labute approximate surface area is 114 Å². The third-order valence-corrected chi connectivity index (χ3v) is 4.00. The number of halogens is 1. The molecule has 1 amide bonds. The highest BCUT2D eigenvalue weighted by atomic mass is 79.9. The lowest BCUT2D eigenvalue weighted by molar-refractivity contribution is -0.150. The third-order valence-electron chi connectivity index (χ3n) is 3.39. The SMILES string of the molecule is CC(C)(NC(=O)c1ccoc1Br)C(C)(C)C(=O)O. The van der Waals surface area contributed by atoms with Gasteiger partial charge in [0.2, 0.25) is 0 Å². The second-order valence-electron chi connectivity index (χ2n) is 5.12. The fraction of sp³-hybridized carbons (Fsp3) is 0.500. The fourth-order valence-corrected chi connectivity index (χ4v) is 1.65. The molecule has 0 aliphatic heterocycles. The normalized spacial score (nSPS) is 12.3. The van der Waals surface area contributed by atoms with Gasteiger partial charge in [-0.15, -0.1) is 0 Å². The van der Waals surface area contributed by atoms with E-state index in [2.05, 4.69) is 21.2 Å². The molecule has 0 radical (unpaired) electrons. The smallest absolute Gasteiger partial charge is 0.311 e. The van der Waals surface area contributed by atoms with Crippen LogP contribution in [0.5, 0.6) is 0 Å². The van der Waals surface area contributed by atoms with E-state index in [1.54, 1.807) is 27.7 Å². The zero-order valence-corrected chi connectivity index (χ0v) is 12.3. The van der Waals surface area contributed by atoms with Gasteiger partial charge in [0.25, 0.3) is 5.91 Å². The maximum absolute atomic E-state index is 12.0. The summed E-state index contributed by atoms with van der Waals surface area (Å²) < 4.78 is 5.30. The molecule has 1 rings (SSSR count). The van der Waals surface area contributed by atoms with Crippen LogP contribution in [-0.4, -0.2) is 22.5 Å². The number of hydrogen-bond acceptors (Lipinski definition) is 3. The molecule has 18 heavy (non-hydrogen) atoms. The van der Waals surface area contributed by atoms with Crippen LogP contribution < -0.4 is 5.32 Å². The molecular formula is C12H16BrNO4. The maximum atomic E-state index is 12.0. The molecule has 1 heterocycles. The summed E-state index contributed by atoms with van der Waals surface area (Å²) in [6.45, 7) is 6.49. The summed E-state index contributed by atoms with van der Waals surface area (Å²) >= 11 is 3.11. The Hall–Kier alpha value is -1.30. The van der Waals surface area contributed by atoms with Gasteiger partial charge < -0.3 is 14.8 Å². The third kappa shape index (κ3) is 2.58. The van der Waals surface area contributed by atoms with Gasteiger partial charge in [0.15, 0.2) is 4.67 Å². The molecule has 0 aliphatic rings. The molecule has 2 N–H and O–H groups in total. The quantitative estimate of drug-likeness (QED) is 0.894. The van der Waals surface area contributed by atoms with Crippen molar-refractivity contribution in [3.05, 3.63) is 22.6 Å². The summed E-state index contributed by atoms with van der Waals surface area (Å²) in [5, 5.41) is 11.9.